The van der Waals surface area contributed by atoms with Crippen molar-refractivity contribution in [2.75, 3.05) is 13.2 Å². The van der Waals surface area contributed by atoms with Gasteiger partial charge >= 0.3 is 6.18 Å². The van der Waals surface area contributed by atoms with Crippen molar-refractivity contribution in [2.45, 2.75) is 25.6 Å². The van der Waals surface area contributed by atoms with Crippen LogP contribution in [0.2, 0.25) is 0 Å². The third-order valence-electron chi connectivity index (χ3n) is 4.79. The Kier molecular flexibility index (Phi) is 5.56. The van der Waals surface area contributed by atoms with Crippen LogP contribution in [0.5, 0.6) is 0 Å². The second kappa shape index (κ2) is 8.15. The summed E-state index contributed by atoms with van der Waals surface area (Å²) < 4.78 is 45.9. The molecule has 1 saturated heterocycles. The minimum absolute atomic E-state index is 0.0171. The summed E-state index contributed by atoms with van der Waals surface area (Å²) in [6.45, 7) is 2.35. The van der Waals surface area contributed by atoms with Gasteiger partial charge in [0.2, 0.25) is 5.13 Å². The van der Waals surface area contributed by atoms with Crippen LogP contribution in [0.25, 0.3) is 5.13 Å². The van der Waals surface area contributed by atoms with Gasteiger partial charge in [-0.3, -0.25) is 9.78 Å². The number of thiazole rings is 1. The molecule has 1 fully saturated rings. The van der Waals surface area contributed by atoms with E-state index in [1.165, 1.54) is 12.3 Å². The predicted octanol–water partition coefficient (Wildman–Crippen LogP) is 3.04. The maximum absolute atomic E-state index is 13.2. The molecule has 0 aliphatic carbocycles. The quantitative estimate of drug-likeness (QED) is 0.664. The number of halogens is 3. The molecule has 0 saturated carbocycles. The number of carbonyl (C=O) groups is 1. The molecule has 0 radical (unpaired) electrons. The lowest BCUT2D eigenvalue weighted by Crippen LogP contribution is -2.40. The molecule has 2 atom stereocenters. The van der Waals surface area contributed by atoms with E-state index in [1.54, 1.807) is 12.4 Å². The summed E-state index contributed by atoms with van der Waals surface area (Å²) in [6, 6.07) is 4.55. The highest BCUT2D eigenvalue weighted by molar-refractivity contribution is 7.12. The lowest BCUT2D eigenvalue weighted by atomic mass is 9.95. The Morgan fingerprint density at radius 3 is 2.83 bits per heavy atom. The number of rotatable bonds is 5. The van der Waals surface area contributed by atoms with Gasteiger partial charge in [-0.15, -0.1) is 11.3 Å². The van der Waals surface area contributed by atoms with E-state index in [2.05, 4.69) is 20.4 Å². The number of amides is 1. The van der Waals surface area contributed by atoms with E-state index in [9.17, 15) is 18.0 Å². The van der Waals surface area contributed by atoms with E-state index in [0.29, 0.717) is 13.2 Å². The minimum Gasteiger partial charge on any atom is -0.379 e. The van der Waals surface area contributed by atoms with Crippen molar-refractivity contribution in [3.8, 4) is 5.13 Å². The molecular weight excluding hydrogens is 419 g/mol. The van der Waals surface area contributed by atoms with Crippen molar-refractivity contribution >= 4 is 17.2 Å². The van der Waals surface area contributed by atoms with Gasteiger partial charge in [0.15, 0.2) is 5.69 Å². The molecule has 0 aromatic carbocycles. The Morgan fingerprint density at radius 1 is 1.33 bits per heavy atom. The summed E-state index contributed by atoms with van der Waals surface area (Å²) in [5.41, 5.74) is 0.420. The van der Waals surface area contributed by atoms with Crippen LogP contribution < -0.4 is 5.32 Å². The fourth-order valence-electron chi connectivity index (χ4n) is 3.34. The molecule has 158 valence electrons. The monoisotopic (exact) mass is 437 g/mol. The number of nitrogens with zero attached hydrogens (tertiary/aromatic N) is 4. The van der Waals surface area contributed by atoms with Crippen molar-refractivity contribution in [3.05, 3.63) is 58.6 Å². The van der Waals surface area contributed by atoms with Crippen LogP contribution >= 0.6 is 11.3 Å². The number of nitrogens with one attached hydrogen (secondary N) is 1. The van der Waals surface area contributed by atoms with Crippen LogP contribution in [0.4, 0.5) is 13.2 Å². The van der Waals surface area contributed by atoms with Crippen LogP contribution in [0.1, 0.15) is 27.4 Å². The van der Waals surface area contributed by atoms with Gasteiger partial charge in [0, 0.05) is 23.7 Å². The molecule has 0 bridgehead atoms. The molecule has 4 rings (SSSR count). The number of aryl methyl sites for hydroxylation is 1. The summed E-state index contributed by atoms with van der Waals surface area (Å²) in [5, 5.41) is 8.17. The second-order valence-corrected chi connectivity index (χ2v) is 7.87. The number of ether oxygens (including phenoxy) is 1. The average Bonchev–Trinajstić information content (AvgIpc) is 3.42. The molecule has 3 aromatic heterocycles. The zero-order valence-corrected chi connectivity index (χ0v) is 16.7. The number of hydrogen-bond donors (Lipinski definition) is 1. The summed E-state index contributed by atoms with van der Waals surface area (Å²) in [6.07, 6.45) is -0.433. The molecule has 0 spiro atoms. The van der Waals surface area contributed by atoms with Crippen molar-refractivity contribution in [1.82, 2.24) is 25.1 Å². The van der Waals surface area contributed by atoms with E-state index < -0.39 is 17.8 Å². The summed E-state index contributed by atoms with van der Waals surface area (Å²) in [7, 11) is 0. The first-order chi connectivity index (χ1) is 14.3. The first-order valence-electron chi connectivity index (χ1n) is 9.18. The zero-order valence-electron chi connectivity index (χ0n) is 15.9. The standard InChI is InChI=1S/C19H18F3N5O2S/c1-11-6-16(19(20,21)22)27(26-11)18-25-15(10-30-18)17(28)24-14-9-29-8-13(14)7-12-2-4-23-5-3-12/h2-6,10,13-14H,7-9H2,1H3,(H,24,28)/t13-,14-/m1/s1. The van der Waals surface area contributed by atoms with Gasteiger partial charge in [0.1, 0.15) is 5.69 Å². The Labute approximate surface area is 173 Å². The van der Waals surface area contributed by atoms with Gasteiger partial charge < -0.3 is 10.1 Å². The minimum atomic E-state index is -4.57. The van der Waals surface area contributed by atoms with Crippen LogP contribution in [-0.4, -0.2) is 44.9 Å². The molecule has 1 amide bonds. The summed E-state index contributed by atoms with van der Waals surface area (Å²) in [4.78, 5) is 20.7. The summed E-state index contributed by atoms with van der Waals surface area (Å²) >= 11 is 0.926. The molecule has 1 aliphatic rings. The SMILES string of the molecule is Cc1cc(C(F)(F)F)n(-c2nc(C(=O)N[C@@H]3COC[C@H]3Cc3ccncc3)cs2)n1. The first kappa shape index (κ1) is 20.5. The summed E-state index contributed by atoms with van der Waals surface area (Å²) in [5.74, 6) is -0.370. The molecule has 30 heavy (non-hydrogen) atoms. The van der Waals surface area contributed by atoms with Crippen LogP contribution in [-0.2, 0) is 17.3 Å². The van der Waals surface area contributed by atoms with E-state index in [-0.39, 0.29) is 28.5 Å². The van der Waals surface area contributed by atoms with Gasteiger partial charge in [-0.05, 0) is 37.1 Å². The van der Waals surface area contributed by atoms with E-state index in [0.717, 1.165) is 34.1 Å². The van der Waals surface area contributed by atoms with E-state index >= 15 is 0 Å². The molecule has 1 aliphatic heterocycles. The second-order valence-electron chi connectivity index (χ2n) is 7.03. The fraction of sp³-hybridized carbons (Fsp3) is 0.368. The van der Waals surface area contributed by atoms with Gasteiger partial charge in [-0.2, -0.15) is 18.3 Å². The average molecular weight is 437 g/mol. The lowest BCUT2D eigenvalue weighted by Gasteiger charge is -2.18. The molecular formula is C19H18F3N5O2S. The maximum Gasteiger partial charge on any atom is 0.433 e. The Hall–Kier alpha value is -2.79. The maximum atomic E-state index is 13.2. The largest absolute Gasteiger partial charge is 0.433 e. The predicted molar refractivity (Wildman–Crippen MR) is 102 cm³/mol. The molecule has 7 nitrogen and oxygen atoms in total. The molecule has 11 heteroatoms. The molecule has 3 aromatic rings. The van der Waals surface area contributed by atoms with Gasteiger partial charge in [0.05, 0.1) is 24.9 Å². The Morgan fingerprint density at radius 2 is 2.10 bits per heavy atom. The van der Waals surface area contributed by atoms with Crippen molar-refractivity contribution in [3.63, 3.8) is 0 Å². The third kappa shape index (κ3) is 4.36. The van der Waals surface area contributed by atoms with Crippen molar-refractivity contribution < 1.29 is 22.7 Å². The number of hydrogen-bond acceptors (Lipinski definition) is 6. The van der Waals surface area contributed by atoms with Crippen LogP contribution in [0.3, 0.4) is 0 Å². The Bertz CT molecular complexity index is 1030. The first-order valence-corrected chi connectivity index (χ1v) is 10.1. The number of carbonyl (C=O) groups excluding carboxylic acids is 1. The van der Waals surface area contributed by atoms with Crippen LogP contribution in [0.15, 0.2) is 36.0 Å². The van der Waals surface area contributed by atoms with Crippen LogP contribution in [0, 0.1) is 12.8 Å². The smallest absolute Gasteiger partial charge is 0.379 e. The number of alkyl halides is 3. The molecule has 4 heterocycles. The highest BCUT2D eigenvalue weighted by Crippen LogP contribution is 2.32. The van der Waals surface area contributed by atoms with Crippen molar-refractivity contribution in [2.24, 2.45) is 5.92 Å². The van der Waals surface area contributed by atoms with E-state index in [4.69, 9.17) is 4.74 Å². The van der Waals surface area contributed by atoms with E-state index in [1.807, 2.05) is 12.1 Å². The van der Waals surface area contributed by atoms with Gasteiger partial charge in [0.25, 0.3) is 5.91 Å². The topological polar surface area (TPSA) is 81.9 Å². The Balaban J connectivity index is 1.47. The zero-order chi connectivity index (χ0) is 21.3. The molecule has 0 unspecified atom stereocenters. The third-order valence-corrected chi connectivity index (χ3v) is 5.61. The molecule has 1 N–H and O–H groups in total. The van der Waals surface area contributed by atoms with Gasteiger partial charge in [-0.1, -0.05) is 0 Å². The lowest BCUT2D eigenvalue weighted by molar-refractivity contribution is -0.142. The number of pyridine rings is 1. The highest BCUT2D eigenvalue weighted by Gasteiger charge is 2.37. The normalized spacial score (nSPS) is 19.2. The number of aromatic nitrogens is 4. The van der Waals surface area contributed by atoms with Crippen molar-refractivity contribution in [1.29, 1.82) is 0 Å². The van der Waals surface area contributed by atoms with Gasteiger partial charge in [-0.25, -0.2) is 9.67 Å². The highest BCUT2D eigenvalue weighted by atomic mass is 32.1. The fourth-order valence-corrected chi connectivity index (χ4v) is 4.10.